The Labute approximate surface area is 134 Å². The predicted octanol–water partition coefficient (Wildman–Crippen LogP) is 1.91. The summed E-state index contributed by atoms with van der Waals surface area (Å²) in [5.41, 5.74) is 13.0. The van der Waals surface area contributed by atoms with Gasteiger partial charge in [0.05, 0.1) is 5.82 Å². The fraction of sp³-hybridized carbons (Fsp3) is 0.706. The minimum atomic E-state index is 0.167. The monoisotopic (exact) mass is 308 g/mol. The number of carbonyl (C=O) groups is 1. The van der Waals surface area contributed by atoms with E-state index in [4.69, 9.17) is 11.5 Å². The lowest BCUT2D eigenvalue weighted by Crippen LogP contribution is -2.42. The van der Waals surface area contributed by atoms with Crippen LogP contribution in [-0.2, 0) is 4.79 Å². The van der Waals surface area contributed by atoms with Crippen molar-refractivity contribution in [2.45, 2.75) is 47.0 Å². The van der Waals surface area contributed by atoms with Gasteiger partial charge >= 0.3 is 0 Å². The molecule has 2 fully saturated rings. The highest BCUT2D eigenvalue weighted by atomic mass is 16.1. The highest BCUT2D eigenvalue weighted by Crippen LogP contribution is 2.37. The molecule has 5 nitrogen and oxygen atoms in total. The molecule has 126 valence electrons. The van der Waals surface area contributed by atoms with Crippen molar-refractivity contribution in [2.24, 2.45) is 22.8 Å². The van der Waals surface area contributed by atoms with Crippen molar-refractivity contribution < 1.29 is 4.79 Å². The smallest absolute Gasteiger partial charge is 0.220 e. The Morgan fingerprint density at radius 1 is 1.23 bits per heavy atom. The number of amides is 1. The predicted molar refractivity (Wildman–Crippen MR) is 91.6 cm³/mol. The number of rotatable bonds is 3. The molecule has 1 spiro atoms. The highest BCUT2D eigenvalue weighted by molar-refractivity contribution is 5.79. The molecule has 2 rings (SSSR count). The second-order valence-corrected chi connectivity index (χ2v) is 6.35. The maximum absolute atomic E-state index is 11.4. The van der Waals surface area contributed by atoms with Crippen LogP contribution in [0.5, 0.6) is 0 Å². The van der Waals surface area contributed by atoms with Gasteiger partial charge in [-0.25, -0.2) is 0 Å². The Morgan fingerprint density at radius 2 is 1.82 bits per heavy atom. The van der Waals surface area contributed by atoms with Crippen molar-refractivity contribution in [3.05, 3.63) is 23.7 Å². The zero-order valence-electron chi connectivity index (χ0n) is 14.5. The molecular formula is C17H32N4O. The molecule has 0 aromatic rings. The summed E-state index contributed by atoms with van der Waals surface area (Å²) in [5.74, 6) is 1.29. The molecule has 0 radical (unpaired) electrons. The van der Waals surface area contributed by atoms with Crippen molar-refractivity contribution in [1.82, 2.24) is 10.2 Å². The number of allylic oxidation sites excluding steroid dienone is 3. The van der Waals surface area contributed by atoms with E-state index in [0.29, 0.717) is 12.3 Å². The summed E-state index contributed by atoms with van der Waals surface area (Å²) in [4.78, 5) is 13.6. The highest BCUT2D eigenvalue weighted by Gasteiger charge is 2.40. The Kier molecular flexibility index (Phi) is 6.78. The lowest BCUT2D eigenvalue weighted by Gasteiger charge is -2.39. The second kappa shape index (κ2) is 8.11. The molecular weight excluding hydrogens is 276 g/mol. The summed E-state index contributed by atoms with van der Waals surface area (Å²) in [6.07, 6.45) is 6.49. The minimum Gasteiger partial charge on any atom is -0.402 e. The third-order valence-corrected chi connectivity index (χ3v) is 4.50. The molecule has 0 bridgehead atoms. The first-order chi connectivity index (χ1) is 10.4. The van der Waals surface area contributed by atoms with Gasteiger partial charge in [-0.3, -0.25) is 4.79 Å². The van der Waals surface area contributed by atoms with Gasteiger partial charge in [0.15, 0.2) is 0 Å². The first-order valence-corrected chi connectivity index (χ1v) is 8.36. The van der Waals surface area contributed by atoms with Crippen LogP contribution in [0.4, 0.5) is 0 Å². The number of nitrogens with one attached hydrogen (secondary N) is 1. The zero-order chi connectivity index (χ0) is 16.8. The number of likely N-dealkylation sites (tertiary alicyclic amines) is 1. The molecule has 0 unspecified atom stereocenters. The third kappa shape index (κ3) is 4.68. The number of nitrogens with two attached hydrogens (primary N) is 2. The molecule has 0 aromatic heterocycles. The van der Waals surface area contributed by atoms with Gasteiger partial charge in [0.2, 0.25) is 5.91 Å². The maximum Gasteiger partial charge on any atom is 0.220 e. The average Bonchev–Trinajstić information content (AvgIpc) is 2.87. The molecule has 0 saturated carbocycles. The Bertz CT molecular complexity index is 432. The van der Waals surface area contributed by atoms with Crippen LogP contribution in [0.1, 0.15) is 47.0 Å². The van der Waals surface area contributed by atoms with Crippen LogP contribution in [-0.4, -0.2) is 30.4 Å². The van der Waals surface area contributed by atoms with Crippen LogP contribution >= 0.6 is 0 Å². The van der Waals surface area contributed by atoms with E-state index in [9.17, 15) is 4.79 Å². The summed E-state index contributed by atoms with van der Waals surface area (Å²) >= 11 is 0. The number of nitrogens with zero attached hydrogens (tertiary/aromatic N) is 1. The average molecular weight is 308 g/mol. The summed E-state index contributed by atoms with van der Waals surface area (Å²) < 4.78 is 0. The molecule has 2 aliphatic heterocycles. The van der Waals surface area contributed by atoms with Gasteiger partial charge < -0.3 is 21.7 Å². The topological polar surface area (TPSA) is 84.4 Å². The molecule has 2 aliphatic rings. The Balaban J connectivity index is 0.00000116. The van der Waals surface area contributed by atoms with Crippen molar-refractivity contribution in [3.63, 3.8) is 0 Å². The van der Waals surface area contributed by atoms with Crippen LogP contribution in [0.25, 0.3) is 0 Å². The Morgan fingerprint density at radius 3 is 2.27 bits per heavy atom. The molecule has 0 aromatic carbocycles. The molecule has 0 atom stereocenters. The van der Waals surface area contributed by atoms with Crippen molar-refractivity contribution in [2.75, 3.05) is 19.6 Å². The van der Waals surface area contributed by atoms with E-state index in [2.05, 4.69) is 24.1 Å². The second-order valence-electron chi connectivity index (χ2n) is 6.35. The summed E-state index contributed by atoms with van der Waals surface area (Å²) in [7, 11) is 0. The van der Waals surface area contributed by atoms with Crippen molar-refractivity contribution in [3.8, 4) is 0 Å². The van der Waals surface area contributed by atoms with Crippen LogP contribution in [0.15, 0.2) is 23.7 Å². The van der Waals surface area contributed by atoms with Crippen molar-refractivity contribution in [1.29, 1.82) is 0 Å². The van der Waals surface area contributed by atoms with Gasteiger partial charge in [0.25, 0.3) is 0 Å². The molecule has 5 N–H and O–H groups in total. The molecule has 22 heavy (non-hydrogen) atoms. The van der Waals surface area contributed by atoms with Crippen LogP contribution in [0.2, 0.25) is 0 Å². The summed E-state index contributed by atoms with van der Waals surface area (Å²) in [6.45, 7) is 10.8. The zero-order valence-corrected chi connectivity index (χ0v) is 14.5. The third-order valence-electron chi connectivity index (χ3n) is 4.50. The maximum atomic E-state index is 11.4. The SMILES string of the molecule is CC.CC(C)/C(N)=C/C=C(\N)N1CCC2(CC1)CNC(=O)C2. The van der Waals surface area contributed by atoms with E-state index in [-0.39, 0.29) is 11.3 Å². The first kappa shape index (κ1) is 18.4. The largest absolute Gasteiger partial charge is 0.402 e. The van der Waals surface area contributed by atoms with E-state index in [1.807, 2.05) is 26.0 Å². The number of piperidine rings is 1. The van der Waals surface area contributed by atoms with Crippen LogP contribution in [0.3, 0.4) is 0 Å². The molecule has 0 aliphatic carbocycles. The normalized spacial score (nSPS) is 21.7. The quantitative estimate of drug-likeness (QED) is 0.695. The molecule has 2 saturated heterocycles. The molecule has 5 heteroatoms. The van der Waals surface area contributed by atoms with Crippen LogP contribution in [0, 0.1) is 11.3 Å². The Hall–Kier alpha value is -1.65. The van der Waals surface area contributed by atoms with Gasteiger partial charge in [-0.2, -0.15) is 0 Å². The van der Waals surface area contributed by atoms with Crippen molar-refractivity contribution >= 4 is 5.91 Å². The van der Waals surface area contributed by atoms with E-state index in [1.165, 1.54) is 0 Å². The van der Waals surface area contributed by atoms with E-state index < -0.39 is 0 Å². The van der Waals surface area contributed by atoms with Gasteiger partial charge in [-0.05, 0) is 36.3 Å². The summed E-state index contributed by atoms with van der Waals surface area (Å²) in [6, 6.07) is 0. The lowest BCUT2D eigenvalue weighted by atomic mass is 9.78. The molecule has 1 amide bonds. The molecule has 2 heterocycles. The van der Waals surface area contributed by atoms with Gasteiger partial charge in [-0.15, -0.1) is 0 Å². The summed E-state index contributed by atoms with van der Waals surface area (Å²) in [5, 5.41) is 2.95. The number of hydrogen-bond donors (Lipinski definition) is 3. The standard InChI is InChI=1S/C15H26N4O.C2H6/c1-11(2)12(16)3-4-13(17)19-7-5-15(6-8-19)9-14(20)18-10-15;1-2/h3-4,11H,5-10,16-17H2,1-2H3,(H,18,20);1-2H3/b12-3-,13-4+;. The minimum absolute atomic E-state index is 0.167. The van der Waals surface area contributed by atoms with E-state index >= 15 is 0 Å². The van der Waals surface area contributed by atoms with Gasteiger partial charge in [0, 0.05) is 31.8 Å². The van der Waals surface area contributed by atoms with Gasteiger partial charge in [-0.1, -0.05) is 27.7 Å². The van der Waals surface area contributed by atoms with E-state index in [1.54, 1.807) is 0 Å². The lowest BCUT2D eigenvalue weighted by molar-refractivity contribution is -0.119. The first-order valence-electron chi connectivity index (χ1n) is 8.36. The fourth-order valence-corrected chi connectivity index (χ4v) is 2.82. The number of hydrogen-bond acceptors (Lipinski definition) is 4. The van der Waals surface area contributed by atoms with E-state index in [0.717, 1.165) is 44.0 Å². The van der Waals surface area contributed by atoms with Gasteiger partial charge in [0.1, 0.15) is 0 Å². The van der Waals surface area contributed by atoms with Crippen LogP contribution < -0.4 is 16.8 Å². The number of carbonyl (C=O) groups excluding carboxylic acids is 1. The fourth-order valence-electron chi connectivity index (χ4n) is 2.82.